The first-order valence-corrected chi connectivity index (χ1v) is 8.31. The van der Waals surface area contributed by atoms with Gasteiger partial charge in [-0.3, -0.25) is 0 Å². The van der Waals surface area contributed by atoms with E-state index in [-0.39, 0.29) is 21.9 Å². The fraction of sp³-hybridized carbons (Fsp3) is 0.562. The second kappa shape index (κ2) is 4.90. The number of hydrogen-bond acceptors (Lipinski definition) is 2. The number of hydrogen-bond donors (Lipinski definition) is 0. The molecule has 0 N–H and O–H groups in total. The highest BCUT2D eigenvalue weighted by molar-refractivity contribution is 7.85. The van der Waals surface area contributed by atoms with Gasteiger partial charge in [-0.2, -0.15) is 4.40 Å². The van der Waals surface area contributed by atoms with Crippen LogP contribution in [-0.4, -0.2) is 21.8 Å². The van der Waals surface area contributed by atoms with Gasteiger partial charge in [0.25, 0.3) is 0 Å². The Labute approximate surface area is 127 Å². The summed E-state index contributed by atoms with van der Waals surface area (Å²) in [4.78, 5) is 0. The normalized spacial score (nSPS) is 24.7. The molecule has 114 valence electrons. The molecule has 21 heavy (non-hydrogen) atoms. The largest absolute Gasteiger partial charge is 0.493 e. The summed E-state index contributed by atoms with van der Waals surface area (Å²) in [6, 6.07) is 4.64. The van der Waals surface area contributed by atoms with E-state index in [1.165, 1.54) is 12.1 Å². The third-order valence-electron chi connectivity index (χ3n) is 4.21. The van der Waals surface area contributed by atoms with Crippen LogP contribution < -0.4 is 4.74 Å². The lowest BCUT2D eigenvalue weighted by Gasteiger charge is -2.31. The molecule has 1 saturated carbocycles. The smallest absolute Gasteiger partial charge is 0.144 e. The summed E-state index contributed by atoms with van der Waals surface area (Å²) >= 11 is 0. The van der Waals surface area contributed by atoms with Crippen molar-refractivity contribution in [3.63, 3.8) is 0 Å². The molecule has 1 aliphatic heterocycles. The van der Waals surface area contributed by atoms with Crippen molar-refractivity contribution in [1.82, 2.24) is 0 Å². The summed E-state index contributed by atoms with van der Waals surface area (Å²) < 4.78 is 35.1. The van der Waals surface area contributed by atoms with Crippen molar-refractivity contribution < 1.29 is 13.3 Å². The lowest BCUT2D eigenvalue weighted by atomic mass is 9.82. The summed E-state index contributed by atoms with van der Waals surface area (Å²) in [7, 11) is -1.27. The molecule has 3 rings (SSSR count). The predicted molar refractivity (Wildman–Crippen MR) is 82.7 cm³/mol. The second-order valence-corrected chi connectivity index (χ2v) is 8.86. The molecule has 1 heterocycles. The van der Waals surface area contributed by atoms with Gasteiger partial charge in [0, 0.05) is 29.2 Å². The number of fused-ring (bicyclic) bond motifs is 1. The first-order valence-electron chi connectivity index (χ1n) is 7.20. The quantitative estimate of drug-likeness (QED) is 0.783. The Morgan fingerprint density at radius 1 is 1.43 bits per heavy atom. The highest BCUT2D eigenvalue weighted by Crippen LogP contribution is 2.59. The van der Waals surface area contributed by atoms with Gasteiger partial charge in [-0.25, -0.2) is 8.60 Å². The summed E-state index contributed by atoms with van der Waals surface area (Å²) in [6.45, 7) is 6.30. The van der Waals surface area contributed by atoms with Crippen molar-refractivity contribution in [2.45, 2.75) is 44.3 Å². The number of benzene rings is 1. The molecule has 0 amide bonds. The molecular formula is C16H20FNO2S. The van der Waals surface area contributed by atoms with Crippen molar-refractivity contribution in [3.05, 3.63) is 29.6 Å². The average Bonchev–Trinajstić information content (AvgIpc) is 3.17. The Morgan fingerprint density at radius 3 is 2.76 bits per heavy atom. The highest BCUT2D eigenvalue weighted by Gasteiger charge is 2.53. The highest BCUT2D eigenvalue weighted by atomic mass is 32.2. The van der Waals surface area contributed by atoms with Gasteiger partial charge in [-0.15, -0.1) is 0 Å². The van der Waals surface area contributed by atoms with Crippen molar-refractivity contribution in [1.29, 1.82) is 0 Å². The van der Waals surface area contributed by atoms with E-state index >= 15 is 0 Å². The minimum absolute atomic E-state index is 0.0631. The standard InChI is InChI=1S/C16H20FNO2S/c1-15(2,3)21(19)18-9-13-12-5-4-11(17)8-14(12)20-10-16(13)6-7-16/h4-5,8-9,13H,6-7,10H2,1-3H3/t13?,21-/m0/s1. The zero-order valence-electron chi connectivity index (χ0n) is 12.6. The fourth-order valence-electron chi connectivity index (χ4n) is 2.66. The molecule has 5 heteroatoms. The van der Waals surface area contributed by atoms with Crippen LogP contribution in [0.5, 0.6) is 5.75 Å². The average molecular weight is 309 g/mol. The van der Waals surface area contributed by atoms with E-state index in [9.17, 15) is 8.60 Å². The minimum atomic E-state index is -1.27. The van der Waals surface area contributed by atoms with E-state index in [1.807, 2.05) is 20.8 Å². The Kier molecular flexibility index (Phi) is 3.43. The van der Waals surface area contributed by atoms with Gasteiger partial charge >= 0.3 is 0 Å². The Balaban J connectivity index is 1.93. The number of halogens is 1. The van der Waals surface area contributed by atoms with E-state index in [0.29, 0.717) is 12.4 Å². The summed E-state index contributed by atoms with van der Waals surface area (Å²) in [5, 5.41) is 0. The number of nitrogens with zero attached hydrogens (tertiary/aromatic N) is 1. The molecule has 1 aromatic rings. The SMILES string of the molecule is CC(C)(C)[S@](=O)N=CC1c2ccc(F)cc2OCC12CC2. The lowest BCUT2D eigenvalue weighted by Crippen LogP contribution is -2.29. The second-order valence-electron chi connectivity index (χ2n) is 6.93. The first kappa shape index (κ1) is 14.7. The molecule has 2 atom stereocenters. The van der Waals surface area contributed by atoms with Gasteiger partial charge in [0.1, 0.15) is 22.6 Å². The van der Waals surface area contributed by atoms with Crippen LogP contribution in [0.2, 0.25) is 0 Å². The topological polar surface area (TPSA) is 38.7 Å². The van der Waals surface area contributed by atoms with Crippen LogP contribution in [0.1, 0.15) is 45.1 Å². The molecule has 2 aliphatic rings. The van der Waals surface area contributed by atoms with Crippen LogP contribution in [0.15, 0.2) is 22.6 Å². The Hall–Kier alpha value is -1.23. The van der Waals surface area contributed by atoms with Gasteiger partial charge in [0.05, 0.1) is 11.4 Å². The molecule has 0 saturated heterocycles. The van der Waals surface area contributed by atoms with Gasteiger partial charge in [0.15, 0.2) is 0 Å². The Bertz CT molecular complexity index is 617. The number of ether oxygens (including phenoxy) is 1. The summed E-state index contributed by atoms with van der Waals surface area (Å²) in [5.74, 6) is 0.355. The Morgan fingerprint density at radius 2 is 2.14 bits per heavy atom. The fourth-order valence-corrected chi connectivity index (χ4v) is 3.21. The van der Waals surface area contributed by atoms with Crippen LogP contribution in [0.4, 0.5) is 4.39 Å². The van der Waals surface area contributed by atoms with Crippen LogP contribution in [0, 0.1) is 11.2 Å². The van der Waals surface area contributed by atoms with Crippen molar-refractivity contribution in [2.75, 3.05) is 6.61 Å². The van der Waals surface area contributed by atoms with Crippen LogP contribution >= 0.6 is 0 Å². The van der Waals surface area contributed by atoms with E-state index in [4.69, 9.17) is 4.74 Å². The molecule has 1 aliphatic carbocycles. The zero-order chi connectivity index (χ0) is 15.3. The van der Waals surface area contributed by atoms with Gasteiger partial charge in [-0.05, 0) is 39.7 Å². The van der Waals surface area contributed by atoms with E-state index in [0.717, 1.165) is 18.4 Å². The zero-order valence-corrected chi connectivity index (χ0v) is 13.4. The van der Waals surface area contributed by atoms with Gasteiger partial charge < -0.3 is 4.74 Å². The van der Waals surface area contributed by atoms with Crippen molar-refractivity contribution >= 4 is 17.2 Å². The third kappa shape index (κ3) is 2.76. The van der Waals surface area contributed by atoms with Crippen LogP contribution in [0.25, 0.3) is 0 Å². The van der Waals surface area contributed by atoms with Gasteiger partial charge in [-0.1, -0.05) is 6.07 Å². The van der Waals surface area contributed by atoms with Crippen molar-refractivity contribution in [2.24, 2.45) is 9.81 Å². The first-order chi connectivity index (χ1) is 9.82. The number of rotatable bonds is 2. The molecular weight excluding hydrogens is 289 g/mol. The third-order valence-corrected chi connectivity index (χ3v) is 5.57. The maximum Gasteiger partial charge on any atom is 0.144 e. The van der Waals surface area contributed by atoms with Gasteiger partial charge in [0.2, 0.25) is 0 Å². The molecule has 3 nitrogen and oxygen atoms in total. The van der Waals surface area contributed by atoms with Crippen LogP contribution in [0.3, 0.4) is 0 Å². The predicted octanol–water partition coefficient (Wildman–Crippen LogP) is 3.61. The maximum atomic E-state index is 13.3. The molecule has 0 radical (unpaired) electrons. The molecule has 1 aromatic carbocycles. The molecule has 1 unspecified atom stereocenters. The lowest BCUT2D eigenvalue weighted by molar-refractivity contribution is 0.198. The molecule has 0 aromatic heterocycles. The van der Waals surface area contributed by atoms with E-state index in [2.05, 4.69) is 4.40 Å². The molecule has 1 spiro atoms. The van der Waals surface area contributed by atoms with Crippen LogP contribution in [-0.2, 0) is 11.0 Å². The minimum Gasteiger partial charge on any atom is -0.493 e. The monoisotopic (exact) mass is 309 g/mol. The summed E-state index contributed by atoms with van der Waals surface area (Å²) in [5.41, 5.74) is 1.02. The molecule has 1 fully saturated rings. The van der Waals surface area contributed by atoms with E-state index in [1.54, 1.807) is 12.3 Å². The van der Waals surface area contributed by atoms with E-state index < -0.39 is 11.0 Å². The van der Waals surface area contributed by atoms with Crippen molar-refractivity contribution in [3.8, 4) is 5.75 Å². The maximum absolute atomic E-state index is 13.3. The summed E-state index contributed by atoms with van der Waals surface area (Å²) in [6.07, 6.45) is 3.94. The molecule has 0 bridgehead atoms.